The highest BCUT2D eigenvalue weighted by Crippen LogP contribution is 2.25. The first-order chi connectivity index (χ1) is 13.5. The van der Waals surface area contributed by atoms with Gasteiger partial charge in [-0.2, -0.15) is 0 Å². The molecular formula is C20H32BrN5O3. The van der Waals surface area contributed by atoms with E-state index in [0.717, 1.165) is 42.1 Å². The number of hydrogen-bond donors (Lipinski definition) is 0. The van der Waals surface area contributed by atoms with Crippen LogP contribution in [-0.4, -0.2) is 64.1 Å². The molecule has 1 fully saturated rings. The van der Waals surface area contributed by atoms with Crippen LogP contribution in [-0.2, 0) is 9.57 Å². The molecule has 1 aromatic heterocycles. The molecule has 0 unspecified atom stereocenters. The van der Waals surface area contributed by atoms with E-state index < -0.39 is 0 Å². The molecule has 9 heteroatoms. The average Bonchev–Trinajstić information content (AvgIpc) is 2.60. The Morgan fingerprint density at radius 1 is 1.10 bits per heavy atom. The van der Waals surface area contributed by atoms with Gasteiger partial charge in [0.05, 0.1) is 10.2 Å². The number of anilines is 1. The van der Waals surface area contributed by atoms with Crippen molar-refractivity contribution in [3.05, 3.63) is 16.9 Å². The maximum atomic E-state index is 12.5. The fourth-order valence-corrected chi connectivity index (χ4v) is 3.65. The van der Waals surface area contributed by atoms with Gasteiger partial charge in [-0.05, 0) is 57.5 Å². The van der Waals surface area contributed by atoms with Crippen molar-refractivity contribution in [3.8, 4) is 0 Å². The molecule has 0 saturated carbocycles. The first kappa shape index (κ1) is 23.4. The van der Waals surface area contributed by atoms with Crippen LogP contribution in [0.1, 0.15) is 54.4 Å². The Morgan fingerprint density at radius 2 is 1.66 bits per heavy atom. The molecular weight excluding hydrogens is 438 g/mol. The lowest BCUT2D eigenvalue weighted by Crippen LogP contribution is -2.55. The summed E-state index contributed by atoms with van der Waals surface area (Å²) in [4.78, 5) is 30.4. The van der Waals surface area contributed by atoms with Crippen LogP contribution in [0.2, 0.25) is 0 Å². The molecule has 162 valence electrons. The molecule has 1 amide bonds. The van der Waals surface area contributed by atoms with E-state index in [-0.39, 0.29) is 30.4 Å². The minimum absolute atomic E-state index is 0.164. The topological polar surface area (TPSA) is 80.2 Å². The number of ether oxygens (including phenoxy) is 1. The van der Waals surface area contributed by atoms with Crippen molar-refractivity contribution in [2.24, 2.45) is 5.16 Å². The molecule has 0 N–H and O–H groups in total. The lowest BCUT2D eigenvalue weighted by Gasteiger charge is -2.44. The summed E-state index contributed by atoms with van der Waals surface area (Å²) >= 11 is 3.34. The van der Waals surface area contributed by atoms with Crippen molar-refractivity contribution < 1.29 is 14.4 Å². The van der Waals surface area contributed by atoms with E-state index in [9.17, 15) is 4.79 Å². The second kappa shape index (κ2) is 9.73. The number of carbonyl (C=O) groups excluding carboxylic acids is 1. The van der Waals surface area contributed by atoms with Crippen molar-refractivity contribution in [2.75, 3.05) is 31.2 Å². The lowest BCUT2D eigenvalue weighted by atomic mass is 9.97. The quantitative estimate of drug-likeness (QED) is 0.473. The predicted molar refractivity (Wildman–Crippen MR) is 117 cm³/mol. The Hall–Kier alpha value is -1.90. The van der Waals surface area contributed by atoms with Gasteiger partial charge in [0.2, 0.25) is 5.95 Å². The van der Waals surface area contributed by atoms with Crippen molar-refractivity contribution in [1.82, 2.24) is 14.9 Å². The van der Waals surface area contributed by atoms with E-state index in [1.54, 1.807) is 17.3 Å². The molecule has 0 spiro atoms. The second-order valence-electron chi connectivity index (χ2n) is 8.97. The molecule has 2 rings (SSSR count). The molecule has 0 atom stereocenters. The predicted octanol–water partition coefficient (Wildman–Crippen LogP) is 4.25. The number of halogens is 1. The summed E-state index contributed by atoms with van der Waals surface area (Å²) in [5.41, 5.74) is 0.335. The molecule has 29 heavy (non-hydrogen) atoms. The minimum Gasteiger partial charge on any atom is -0.446 e. The fourth-order valence-electron chi connectivity index (χ4n) is 3.45. The zero-order chi connectivity index (χ0) is 21.7. The van der Waals surface area contributed by atoms with Crippen LogP contribution < -0.4 is 4.90 Å². The summed E-state index contributed by atoms with van der Waals surface area (Å²) < 4.78 is 6.26. The highest BCUT2D eigenvalue weighted by Gasteiger charge is 2.36. The first-order valence-corrected chi connectivity index (χ1v) is 10.6. The van der Waals surface area contributed by atoms with E-state index in [4.69, 9.17) is 9.57 Å². The molecule has 1 saturated heterocycles. The van der Waals surface area contributed by atoms with Crippen LogP contribution >= 0.6 is 15.9 Å². The number of nitrogens with zero attached hydrogens (tertiary/aromatic N) is 5. The summed E-state index contributed by atoms with van der Waals surface area (Å²) in [6.07, 6.45) is 4.74. The van der Waals surface area contributed by atoms with Crippen LogP contribution in [0.15, 0.2) is 22.0 Å². The largest absolute Gasteiger partial charge is 0.446 e. The lowest BCUT2D eigenvalue weighted by molar-refractivity contribution is 0.00635. The Bertz CT molecular complexity index is 686. The summed E-state index contributed by atoms with van der Waals surface area (Å²) in [5, 5.41) is 4.20. The van der Waals surface area contributed by atoms with Gasteiger partial charge in [0.25, 0.3) is 0 Å². The summed E-state index contributed by atoms with van der Waals surface area (Å²) in [6.45, 7) is 14.0. The monoisotopic (exact) mass is 469 g/mol. The van der Waals surface area contributed by atoms with E-state index >= 15 is 0 Å². The van der Waals surface area contributed by atoms with Gasteiger partial charge in [0, 0.05) is 49.4 Å². The van der Waals surface area contributed by atoms with Crippen molar-refractivity contribution >= 4 is 33.7 Å². The van der Waals surface area contributed by atoms with Crippen LogP contribution in [0.5, 0.6) is 0 Å². The van der Waals surface area contributed by atoms with Crippen molar-refractivity contribution in [2.45, 2.75) is 65.5 Å². The standard InChI is InChI=1S/C20H32BrN5O3/c1-19(2,3)26(20(4,5)6)18(27)28-11-12-29-24-16-7-9-25(10-8-16)17-22-13-15(21)14-23-17/h13-14H,7-12H2,1-6H3. The van der Waals surface area contributed by atoms with Gasteiger partial charge < -0.3 is 14.5 Å². The van der Waals surface area contributed by atoms with Gasteiger partial charge in [-0.1, -0.05) is 5.16 Å². The number of aromatic nitrogens is 2. The Balaban J connectivity index is 1.73. The first-order valence-electron chi connectivity index (χ1n) is 9.86. The van der Waals surface area contributed by atoms with Crippen molar-refractivity contribution in [1.29, 1.82) is 0 Å². The maximum Gasteiger partial charge on any atom is 0.410 e. The van der Waals surface area contributed by atoms with Crippen LogP contribution in [0, 0.1) is 0 Å². The summed E-state index contributed by atoms with van der Waals surface area (Å²) in [5.74, 6) is 0.724. The molecule has 8 nitrogen and oxygen atoms in total. The van der Waals surface area contributed by atoms with Gasteiger partial charge in [0.15, 0.2) is 6.61 Å². The maximum absolute atomic E-state index is 12.5. The smallest absolute Gasteiger partial charge is 0.410 e. The SMILES string of the molecule is CC(C)(C)N(C(=O)OCCON=C1CCN(c2ncc(Br)cn2)CC1)C(C)(C)C. The van der Waals surface area contributed by atoms with E-state index in [0.29, 0.717) is 0 Å². The Labute approximate surface area is 181 Å². The molecule has 0 bridgehead atoms. The second-order valence-corrected chi connectivity index (χ2v) is 9.89. The number of amides is 1. The molecule has 2 heterocycles. The van der Waals surface area contributed by atoms with Crippen LogP contribution in [0.3, 0.4) is 0 Å². The average molecular weight is 470 g/mol. The normalized spacial score (nSPS) is 15.1. The number of piperidine rings is 1. The Morgan fingerprint density at radius 3 is 2.17 bits per heavy atom. The highest BCUT2D eigenvalue weighted by molar-refractivity contribution is 9.10. The molecule has 0 radical (unpaired) electrons. The summed E-state index contributed by atoms with van der Waals surface area (Å²) in [6, 6.07) is 0. The third kappa shape index (κ3) is 7.13. The number of oxime groups is 1. The molecule has 1 aliphatic heterocycles. The number of carbonyl (C=O) groups is 1. The van der Waals surface area contributed by atoms with Gasteiger partial charge in [-0.25, -0.2) is 14.8 Å². The highest BCUT2D eigenvalue weighted by atomic mass is 79.9. The molecule has 1 aliphatic rings. The van der Waals surface area contributed by atoms with E-state index in [2.05, 4.69) is 36.0 Å². The molecule has 0 aromatic carbocycles. The third-order valence-corrected chi connectivity index (χ3v) is 4.76. The van der Waals surface area contributed by atoms with Crippen LogP contribution in [0.4, 0.5) is 10.7 Å². The zero-order valence-corrected chi connectivity index (χ0v) is 19.8. The third-order valence-electron chi connectivity index (χ3n) is 4.35. The van der Waals surface area contributed by atoms with Gasteiger partial charge in [-0.15, -0.1) is 0 Å². The van der Waals surface area contributed by atoms with Crippen LogP contribution in [0.25, 0.3) is 0 Å². The summed E-state index contributed by atoms with van der Waals surface area (Å²) in [7, 11) is 0. The molecule has 1 aromatic rings. The fraction of sp³-hybridized carbons (Fsp3) is 0.700. The van der Waals surface area contributed by atoms with Crippen molar-refractivity contribution in [3.63, 3.8) is 0 Å². The zero-order valence-electron chi connectivity index (χ0n) is 18.2. The Kier molecular flexibility index (Phi) is 7.85. The van der Waals surface area contributed by atoms with Gasteiger partial charge in [-0.3, -0.25) is 4.90 Å². The molecule has 0 aliphatic carbocycles. The van der Waals surface area contributed by atoms with Gasteiger partial charge in [0.1, 0.15) is 6.61 Å². The van der Waals surface area contributed by atoms with Gasteiger partial charge >= 0.3 is 6.09 Å². The number of hydrogen-bond acceptors (Lipinski definition) is 7. The number of rotatable bonds is 5. The van der Waals surface area contributed by atoms with E-state index in [1.807, 2.05) is 41.5 Å². The minimum atomic E-state index is -0.343. The van der Waals surface area contributed by atoms with E-state index in [1.165, 1.54) is 0 Å².